The third-order valence-electron chi connectivity index (χ3n) is 9.12. The van der Waals surface area contributed by atoms with Crippen molar-refractivity contribution in [3.05, 3.63) is 143 Å². The predicted octanol–water partition coefficient (Wildman–Crippen LogP) is 7.48. The largest absolute Gasteiger partial charge is 0.448 e. The Bertz CT molecular complexity index is 1740. The minimum Gasteiger partial charge on any atom is -0.448 e. The summed E-state index contributed by atoms with van der Waals surface area (Å²) in [5.41, 5.74) is 10.7. The van der Waals surface area contributed by atoms with Crippen LogP contribution in [0.1, 0.15) is 87.1 Å². The summed E-state index contributed by atoms with van der Waals surface area (Å²) in [6.45, 7) is 5.86. The summed E-state index contributed by atoms with van der Waals surface area (Å²) in [5, 5.41) is 0. The number of ether oxygens (including phenoxy) is 2. The fourth-order valence-electron chi connectivity index (χ4n) is 5.72. The van der Waals surface area contributed by atoms with E-state index < -0.39 is 81.9 Å². The average Bonchev–Trinajstić information content (AvgIpc) is 3.10. The molecule has 0 saturated heterocycles. The lowest BCUT2D eigenvalue weighted by Gasteiger charge is -2.35. The number of rotatable bonds is 14. The lowest BCUT2D eigenvalue weighted by molar-refractivity contribution is -0.183. The molecule has 274 valence electrons. The molecule has 4 atom stereocenters. The normalized spacial score (nSPS) is 14.1. The Morgan fingerprint density at radius 2 is 0.712 bits per heavy atom. The van der Waals surface area contributed by atoms with Gasteiger partial charge in [-0.15, -0.1) is 0 Å². The molecule has 4 N–H and O–H groups in total. The molecule has 0 aliphatic heterocycles. The Labute approximate surface area is 299 Å². The van der Waals surface area contributed by atoms with Gasteiger partial charge >= 0.3 is 11.9 Å². The number of ketones is 2. The summed E-state index contributed by atoms with van der Waals surface area (Å²) >= 11 is 0. The minimum absolute atomic E-state index is 0.177. The zero-order valence-electron chi connectivity index (χ0n) is 29.1. The second-order valence-corrected chi connectivity index (χ2v) is 13.7. The van der Waals surface area contributed by atoms with Crippen molar-refractivity contribution in [2.45, 2.75) is 64.8 Å². The van der Waals surface area contributed by atoms with E-state index >= 15 is 0 Å². The second kappa shape index (κ2) is 16.4. The fraction of sp³-hybridized carbons (Fsp3) is 0.300. The van der Waals surface area contributed by atoms with Crippen LogP contribution >= 0.6 is 0 Å². The molecule has 0 heterocycles. The first-order chi connectivity index (χ1) is 24.4. The Balaban J connectivity index is 1.60. The van der Waals surface area contributed by atoms with Crippen molar-refractivity contribution in [1.82, 2.24) is 0 Å². The van der Waals surface area contributed by atoms with Gasteiger partial charge in [0.2, 0.25) is 0 Å². The van der Waals surface area contributed by atoms with E-state index in [1.54, 1.807) is 0 Å². The van der Waals surface area contributed by atoms with Crippen LogP contribution in [0.25, 0.3) is 0 Å². The highest BCUT2D eigenvalue weighted by Crippen LogP contribution is 2.42. The lowest BCUT2D eigenvalue weighted by atomic mass is 9.76. The van der Waals surface area contributed by atoms with Crippen molar-refractivity contribution in [3.63, 3.8) is 0 Å². The maximum Gasteiger partial charge on any atom is 0.418 e. The molecule has 4 aromatic rings. The summed E-state index contributed by atoms with van der Waals surface area (Å²) in [7, 11) is 0. The van der Waals surface area contributed by atoms with E-state index in [9.17, 15) is 36.7 Å². The Hall–Kier alpha value is -5.20. The first-order valence-corrected chi connectivity index (χ1v) is 16.4. The summed E-state index contributed by atoms with van der Waals surface area (Å²) < 4.78 is 66.1. The SMILES string of the molecule is CC(C)(C(=O)CC(N)c1ccc(F)cc1)C(OC(=O)C(=O)OC(c1ccc(F)cc1)C(C)(C)C(=O)CC(N)c1ccc(F)cc1)c1ccc(F)cc1. The van der Waals surface area contributed by atoms with Crippen LogP contribution < -0.4 is 11.5 Å². The van der Waals surface area contributed by atoms with E-state index in [-0.39, 0.29) is 24.0 Å². The van der Waals surface area contributed by atoms with E-state index in [1.807, 2.05) is 0 Å². The molecule has 0 spiro atoms. The van der Waals surface area contributed by atoms with Crippen molar-refractivity contribution in [2.75, 3.05) is 0 Å². The third-order valence-corrected chi connectivity index (χ3v) is 9.12. The van der Waals surface area contributed by atoms with Gasteiger partial charge in [-0.2, -0.15) is 0 Å². The molecule has 4 aromatic carbocycles. The van der Waals surface area contributed by atoms with Crippen LogP contribution in [0.2, 0.25) is 0 Å². The van der Waals surface area contributed by atoms with Crippen LogP contribution in [0.3, 0.4) is 0 Å². The number of Topliss-reactive ketones (excluding diaryl/α,β-unsaturated/α-hetero) is 2. The molecular formula is C40H40F4N2O6. The summed E-state index contributed by atoms with van der Waals surface area (Å²) in [5.74, 6) is -6.23. The van der Waals surface area contributed by atoms with Gasteiger partial charge in [-0.05, 0) is 98.5 Å². The van der Waals surface area contributed by atoms with Gasteiger partial charge in [0, 0.05) is 24.9 Å². The maximum absolute atomic E-state index is 13.9. The molecule has 0 saturated carbocycles. The van der Waals surface area contributed by atoms with E-state index in [0.29, 0.717) is 11.1 Å². The Morgan fingerprint density at radius 3 is 0.962 bits per heavy atom. The van der Waals surface area contributed by atoms with Crippen molar-refractivity contribution in [3.8, 4) is 0 Å². The fourth-order valence-corrected chi connectivity index (χ4v) is 5.72. The second-order valence-electron chi connectivity index (χ2n) is 13.7. The van der Waals surface area contributed by atoms with Gasteiger partial charge in [-0.3, -0.25) is 9.59 Å². The van der Waals surface area contributed by atoms with Crippen LogP contribution in [-0.4, -0.2) is 23.5 Å². The molecule has 12 heteroatoms. The number of carbonyl (C=O) groups is 4. The molecule has 52 heavy (non-hydrogen) atoms. The van der Waals surface area contributed by atoms with E-state index in [0.717, 1.165) is 24.3 Å². The summed E-state index contributed by atoms with van der Waals surface area (Å²) in [6.07, 6.45) is -3.43. The summed E-state index contributed by atoms with van der Waals surface area (Å²) in [4.78, 5) is 54.5. The number of halogens is 4. The van der Waals surface area contributed by atoms with Crippen molar-refractivity contribution >= 4 is 23.5 Å². The van der Waals surface area contributed by atoms with E-state index in [1.165, 1.54) is 100 Å². The third kappa shape index (κ3) is 9.56. The van der Waals surface area contributed by atoms with Gasteiger partial charge < -0.3 is 20.9 Å². The van der Waals surface area contributed by atoms with Gasteiger partial charge in [0.1, 0.15) is 47.0 Å². The van der Waals surface area contributed by atoms with Crippen LogP contribution in [0.4, 0.5) is 17.6 Å². The predicted molar refractivity (Wildman–Crippen MR) is 184 cm³/mol. The van der Waals surface area contributed by atoms with E-state index in [4.69, 9.17) is 20.9 Å². The lowest BCUT2D eigenvalue weighted by Crippen LogP contribution is -2.39. The van der Waals surface area contributed by atoms with Crippen LogP contribution in [0, 0.1) is 34.1 Å². The molecular weight excluding hydrogens is 680 g/mol. The van der Waals surface area contributed by atoms with Crippen LogP contribution in [0.15, 0.2) is 97.1 Å². The topological polar surface area (TPSA) is 139 Å². The number of hydrogen-bond donors (Lipinski definition) is 2. The number of hydrogen-bond acceptors (Lipinski definition) is 8. The minimum atomic E-state index is -1.55. The van der Waals surface area contributed by atoms with Gasteiger partial charge in [0.15, 0.2) is 0 Å². The quantitative estimate of drug-likeness (QED) is 0.0777. The van der Waals surface area contributed by atoms with Crippen molar-refractivity contribution in [1.29, 1.82) is 0 Å². The van der Waals surface area contributed by atoms with Crippen molar-refractivity contribution in [2.24, 2.45) is 22.3 Å². The van der Waals surface area contributed by atoms with Crippen LogP contribution in [0.5, 0.6) is 0 Å². The van der Waals surface area contributed by atoms with Crippen molar-refractivity contribution < 1.29 is 46.2 Å². The van der Waals surface area contributed by atoms with Gasteiger partial charge in [0.25, 0.3) is 0 Å². The molecule has 0 radical (unpaired) electrons. The number of carbonyl (C=O) groups excluding carboxylic acids is 4. The molecule has 8 nitrogen and oxygen atoms in total. The molecule has 4 rings (SSSR count). The smallest absolute Gasteiger partial charge is 0.418 e. The van der Waals surface area contributed by atoms with E-state index in [2.05, 4.69) is 0 Å². The first kappa shape index (κ1) is 39.6. The van der Waals surface area contributed by atoms with Crippen LogP contribution in [-0.2, 0) is 28.7 Å². The number of esters is 2. The molecule has 0 bridgehead atoms. The molecule has 4 unspecified atom stereocenters. The van der Waals surface area contributed by atoms with Gasteiger partial charge in [-0.25, -0.2) is 27.2 Å². The highest BCUT2D eigenvalue weighted by atomic mass is 19.1. The maximum atomic E-state index is 13.9. The molecule has 0 aliphatic rings. The number of nitrogens with two attached hydrogens (primary N) is 2. The Morgan fingerprint density at radius 1 is 0.481 bits per heavy atom. The highest BCUT2D eigenvalue weighted by Gasteiger charge is 2.45. The van der Waals surface area contributed by atoms with Gasteiger partial charge in [-0.1, -0.05) is 48.5 Å². The average molecular weight is 721 g/mol. The molecule has 0 amide bonds. The Kier molecular flexibility index (Phi) is 12.5. The highest BCUT2D eigenvalue weighted by molar-refractivity contribution is 6.29. The molecule has 0 aliphatic carbocycles. The molecule has 0 aromatic heterocycles. The monoisotopic (exact) mass is 720 g/mol. The first-order valence-electron chi connectivity index (χ1n) is 16.4. The number of benzene rings is 4. The molecule has 0 fully saturated rings. The standard InChI is InChI=1S/C40H40F4N2O6/c1-39(2,33(47)21-31(45)23-5-13-27(41)14-6-23)35(25-9-17-29(43)18-10-25)51-37(49)38(50)52-36(26-11-19-30(44)20-12-26)40(3,4)34(48)22-32(46)24-7-15-28(42)16-8-24/h5-20,31-32,35-36H,21-22,45-46H2,1-4H3. The summed E-state index contributed by atoms with van der Waals surface area (Å²) in [6, 6.07) is 18.4. The zero-order valence-corrected chi connectivity index (χ0v) is 29.1. The van der Waals surface area contributed by atoms with Gasteiger partial charge in [0.05, 0.1) is 10.8 Å². The zero-order chi connectivity index (χ0) is 38.4.